The Balaban J connectivity index is 1.79. The van der Waals surface area contributed by atoms with E-state index in [9.17, 15) is 18.0 Å². The molecule has 0 aliphatic carbocycles. The molecule has 0 aromatic heterocycles. The highest BCUT2D eigenvalue weighted by Gasteiger charge is 2.34. The molecular formula is C34H36ClN3O4S. The molecule has 4 rings (SSSR count). The molecule has 0 saturated heterocycles. The van der Waals surface area contributed by atoms with Gasteiger partial charge < -0.3 is 10.2 Å². The Hall–Kier alpha value is -4.14. The number of rotatable bonds is 13. The van der Waals surface area contributed by atoms with E-state index in [0.29, 0.717) is 11.6 Å². The third kappa shape index (κ3) is 8.24. The Morgan fingerprint density at radius 2 is 1.44 bits per heavy atom. The fourth-order valence-electron chi connectivity index (χ4n) is 4.75. The first-order valence-corrected chi connectivity index (χ1v) is 16.0. The maximum Gasteiger partial charge on any atom is 0.264 e. The first kappa shape index (κ1) is 31.8. The Bertz CT molecular complexity index is 1610. The first-order chi connectivity index (χ1) is 20.7. The number of nitrogens with zero attached hydrogens (tertiary/aromatic N) is 2. The van der Waals surface area contributed by atoms with Crippen molar-refractivity contribution in [3.05, 3.63) is 131 Å². The molecule has 0 bridgehead atoms. The smallest absolute Gasteiger partial charge is 0.264 e. The van der Waals surface area contributed by atoms with E-state index in [1.165, 1.54) is 17.0 Å². The van der Waals surface area contributed by atoms with Gasteiger partial charge in [-0.15, -0.1) is 0 Å². The summed E-state index contributed by atoms with van der Waals surface area (Å²) >= 11 is 6.12. The van der Waals surface area contributed by atoms with Crippen molar-refractivity contribution < 1.29 is 18.0 Å². The quantitative estimate of drug-likeness (QED) is 0.199. The Labute approximate surface area is 259 Å². The van der Waals surface area contributed by atoms with E-state index in [2.05, 4.69) is 5.32 Å². The van der Waals surface area contributed by atoms with Gasteiger partial charge in [-0.25, -0.2) is 8.42 Å². The first-order valence-electron chi connectivity index (χ1n) is 14.2. The molecule has 43 heavy (non-hydrogen) atoms. The van der Waals surface area contributed by atoms with E-state index in [4.69, 9.17) is 11.6 Å². The third-order valence-electron chi connectivity index (χ3n) is 7.15. The van der Waals surface area contributed by atoms with Gasteiger partial charge in [-0.3, -0.25) is 13.9 Å². The predicted octanol–water partition coefficient (Wildman–Crippen LogP) is 6.01. The highest BCUT2D eigenvalue weighted by atomic mass is 35.5. The molecule has 0 radical (unpaired) electrons. The number of anilines is 1. The summed E-state index contributed by atoms with van der Waals surface area (Å²) in [6.45, 7) is 3.97. The van der Waals surface area contributed by atoms with Crippen LogP contribution in [0.3, 0.4) is 0 Å². The van der Waals surface area contributed by atoms with Crippen LogP contribution in [0.15, 0.2) is 114 Å². The molecule has 0 aliphatic rings. The average Bonchev–Trinajstić information content (AvgIpc) is 3.02. The summed E-state index contributed by atoms with van der Waals surface area (Å²) in [5.74, 6) is -0.804. The lowest BCUT2D eigenvalue weighted by Crippen LogP contribution is -2.53. The van der Waals surface area contributed by atoms with Gasteiger partial charge in [0.1, 0.15) is 12.6 Å². The van der Waals surface area contributed by atoms with Crippen molar-refractivity contribution in [3.8, 4) is 0 Å². The van der Waals surface area contributed by atoms with Crippen LogP contribution in [0.5, 0.6) is 0 Å². The number of carbonyl (C=O) groups excluding carboxylic acids is 2. The van der Waals surface area contributed by atoms with Crippen LogP contribution in [0.4, 0.5) is 5.69 Å². The summed E-state index contributed by atoms with van der Waals surface area (Å²) < 4.78 is 29.0. The molecule has 0 unspecified atom stereocenters. The lowest BCUT2D eigenvalue weighted by Gasteiger charge is -2.34. The van der Waals surface area contributed by atoms with E-state index < -0.39 is 28.5 Å². The zero-order valence-electron chi connectivity index (χ0n) is 24.3. The molecule has 0 saturated carbocycles. The molecule has 1 N–H and O–H groups in total. The van der Waals surface area contributed by atoms with Gasteiger partial charge in [0.25, 0.3) is 10.0 Å². The zero-order valence-corrected chi connectivity index (χ0v) is 25.9. The maximum absolute atomic E-state index is 14.4. The van der Waals surface area contributed by atoms with Crippen molar-refractivity contribution in [2.45, 2.75) is 44.2 Å². The number of carbonyl (C=O) groups is 2. The Morgan fingerprint density at radius 3 is 2.07 bits per heavy atom. The number of aryl methyl sites for hydroxylation is 1. The zero-order chi connectivity index (χ0) is 30.8. The molecule has 9 heteroatoms. The monoisotopic (exact) mass is 617 g/mol. The number of sulfonamides is 1. The van der Waals surface area contributed by atoms with E-state index in [1.807, 2.05) is 68.4 Å². The molecule has 4 aromatic carbocycles. The molecule has 0 fully saturated rings. The molecule has 0 spiro atoms. The van der Waals surface area contributed by atoms with Crippen LogP contribution in [0.25, 0.3) is 0 Å². The van der Waals surface area contributed by atoms with Gasteiger partial charge in [0.2, 0.25) is 11.8 Å². The standard InChI is InChI=1S/C34H36ClN3O4S/c1-3-22-36-34(40)32(23-27-13-6-4-7-14-27)37(24-28-15-11-10-12-26(28)2)33(39)25-38(30-20-18-29(35)19-21-30)43(41,42)31-16-8-5-9-17-31/h4-21,32H,3,22-25H2,1-2H3,(H,36,40)/t32-/m0/s1. The highest BCUT2D eigenvalue weighted by Crippen LogP contribution is 2.26. The third-order valence-corrected chi connectivity index (χ3v) is 9.19. The lowest BCUT2D eigenvalue weighted by molar-refractivity contribution is -0.140. The SMILES string of the molecule is CCCNC(=O)[C@H](Cc1ccccc1)N(Cc1ccccc1C)C(=O)CN(c1ccc(Cl)cc1)S(=O)(=O)c1ccccc1. The van der Waals surface area contributed by atoms with Crippen molar-refractivity contribution in [2.24, 2.45) is 0 Å². The molecule has 4 aromatic rings. The van der Waals surface area contributed by atoms with Gasteiger partial charge in [0.15, 0.2) is 0 Å². The minimum Gasteiger partial charge on any atom is -0.354 e. The molecule has 7 nitrogen and oxygen atoms in total. The number of nitrogens with one attached hydrogen (secondary N) is 1. The Morgan fingerprint density at radius 1 is 0.837 bits per heavy atom. The van der Waals surface area contributed by atoms with Gasteiger partial charge in [-0.05, 0) is 66.4 Å². The molecular weight excluding hydrogens is 582 g/mol. The van der Waals surface area contributed by atoms with Crippen molar-refractivity contribution in [1.29, 1.82) is 0 Å². The summed E-state index contributed by atoms with van der Waals surface area (Å²) in [6, 6.07) is 30.5. The van der Waals surface area contributed by atoms with Crippen LogP contribution in [0.2, 0.25) is 5.02 Å². The largest absolute Gasteiger partial charge is 0.354 e. The maximum atomic E-state index is 14.4. The van der Waals surface area contributed by atoms with Crippen LogP contribution in [-0.4, -0.2) is 44.3 Å². The predicted molar refractivity (Wildman–Crippen MR) is 171 cm³/mol. The van der Waals surface area contributed by atoms with E-state index in [-0.39, 0.29) is 29.5 Å². The molecule has 0 heterocycles. The second kappa shape index (κ2) is 14.8. The fraction of sp³-hybridized carbons (Fsp3) is 0.235. The summed E-state index contributed by atoms with van der Waals surface area (Å²) in [5.41, 5.74) is 2.99. The fourth-order valence-corrected chi connectivity index (χ4v) is 6.31. The molecule has 2 amide bonds. The number of hydrogen-bond donors (Lipinski definition) is 1. The summed E-state index contributed by atoms with van der Waals surface area (Å²) in [6.07, 6.45) is 0.996. The van der Waals surface area contributed by atoms with Gasteiger partial charge in [-0.1, -0.05) is 91.3 Å². The van der Waals surface area contributed by atoms with Crippen LogP contribution in [0, 0.1) is 6.92 Å². The Kier molecular flexibility index (Phi) is 11.0. The summed E-state index contributed by atoms with van der Waals surface area (Å²) in [5, 5.41) is 3.39. The normalized spacial score (nSPS) is 11.9. The topological polar surface area (TPSA) is 86.8 Å². The van der Waals surface area contributed by atoms with Crippen molar-refractivity contribution >= 4 is 39.1 Å². The highest BCUT2D eigenvalue weighted by molar-refractivity contribution is 7.92. The molecule has 1 atom stereocenters. The number of halogens is 1. The van der Waals surface area contributed by atoms with Crippen molar-refractivity contribution in [2.75, 3.05) is 17.4 Å². The lowest BCUT2D eigenvalue weighted by atomic mass is 10.0. The van der Waals surface area contributed by atoms with Crippen LogP contribution >= 0.6 is 11.6 Å². The number of hydrogen-bond acceptors (Lipinski definition) is 4. The molecule has 0 aliphatic heterocycles. The van der Waals surface area contributed by atoms with Crippen molar-refractivity contribution in [3.63, 3.8) is 0 Å². The van der Waals surface area contributed by atoms with E-state index in [1.54, 1.807) is 42.5 Å². The second-order valence-corrected chi connectivity index (χ2v) is 12.5. The van der Waals surface area contributed by atoms with Gasteiger partial charge in [0.05, 0.1) is 10.6 Å². The summed E-state index contributed by atoms with van der Waals surface area (Å²) in [4.78, 5) is 29.6. The van der Waals surface area contributed by atoms with E-state index >= 15 is 0 Å². The van der Waals surface area contributed by atoms with Crippen LogP contribution in [-0.2, 0) is 32.6 Å². The van der Waals surface area contributed by atoms with Crippen molar-refractivity contribution in [1.82, 2.24) is 10.2 Å². The number of benzene rings is 4. The second-order valence-electron chi connectivity index (χ2n) is 10.2. The molecule has 224 valence electrons. The summed E-state index contributed by atoms with van der Waals surface area (Å²) in [7, 11) is -4.15. The van der Waals surface area contributed by atoms with Crippen LogP contribution < -0.4 is 9.62 Å². The minimum absolute atomic E-state index is 0.0460. The minimum atomic E-state index is -4.15. The van der Waals surface area contributed by atoms with E-state index in [0.717, 1.165) is 27.4 Å². The van der Waals surface area contributed by atoms with Crippen LogP contribution in [0.1, 0.15) is 30.0 Å². The van der Waals surface area contributed by atoms with Gasteiger partial charge >= 0.3 is 0 Å². The van der Waals surface area contributed by atoms with Gasteiger partial charge in [-0.2, -0.15) is 0 Å². The van der Waals surface area contributed by atoms with Gasteiger partial charge in [0, 0.05) is 24.5 Å². The average molecular weight is 618 g/mol. The number of amides is 2.